The lowest BCUT2D eigenvalue weighted by Crippen LogP contribution is -2.60. The molecule has 17 heavy (non-hydrogen) atoms. The van der Waals surface area contributed by atoms with Crippen LogP contribution in [0.5, 0.6) is 0 Å². The molecule has 0 amide bonds. The maximum Gasteiger partial charge on any atom is 0.0588 e. The molecular formula is C14H28N2O. The van der Waals surface area contributed by atoms with Crippen LogP contribution in [0.1, 0.15) is 40.0 Å². The Bertz CT molecular complexity index is 240. The van der Waals surface area contributed by atoms with Crippen molar-refractivity contribution in [3.63, 3.8) is 0 Å². The number of rotatable bonds is 4. The number of piperazine rings is 1. The summed E-state index contributed by atoms with van der Waals surface area (Å²) in [4.78, 5) is 2.65. The molecule has 3 nitrogen and oxygen atoms in total. The third kappa shape index (κ3) is 3.01. The zero-order chi connectivity index (χ0) is 12.3. The molecule has 0 saturated carbocycles. The number of nitrogens with zero attached hydrogens (tertiary/aromatic N) is 1. The molecule has 2 atom stereocenters. The summed E-state index contributed by atoms with van der Waals surface area (Å²) in [5.41, 5.74) is 0.362. The van der Waals surface area contributed by atoms with E-state index in [0.717, 1.165) is 19.1 Å². The van der Waals surface area contributed by atoms with E-state index in [0.29, 0.717) is 11.6 Å². The largest absolute Gasteiger partial charge is 0.378 e. The second-order valence-electron chi connectivity index (χ2n) is 5.77. The van der Waals surface area contributed by atoms with Crippen molar-refractivity contribution < 1.29 is 4.74 Å². The second-order valence-corrected chi connectivity index (χ2v) is 5.77. The van der Waals surface area contributed by atoms with Crippen molar-refractivity contribution in [1.82, 2.24) is 10.2 Å². The molecule has 0 spiro atoms. The van der Waals surface area contributed by atoms with Crippen molar-refractivity contribution in [3.8, 4) is 0 Å². The van der Waals surface area contributed by atoms with Crippen molar-refractivity contribution in [2.45, 2.75) is 51.7 Å². The fourth-order valence-electron chi connectivity index (χ4n) is 3.27. The minimum Gasteiger partial charge on any atom is -0.378 e. The Morgan fingerprint density at radius 3 is 2.71 bits per heavy atom. The van der Waals surface area contributed by atoms with Crippen LogP contribution in [0.2, 0.25) is 0 Å². The van der Waals surface area contributed by atoms with Crippen molar-refractivity contribution in [2.75, 3.05) is 32.8 Å². The molecule has 100 valence electrons. The van der Waals surface area contributed by atoms with Crippen LogP contribution in [0.15, 0.2) is 0 Å². The van der Waals surface area contributed by atoms with Gasteiger partial charge >= 0.3 is 0 Å². The number of hydrogen-bond acceptors (Lipinski definition) is 3. The molecule has 2 fully saturated rings. The van der Waals surface area contributed by atoms with Gasteiger partial charge in [0.2, 0.25) is 0 Å². The average molecular weight is 240 g/mol. The molecule has 2 rings (SSSR count). The summed E-state index contributed by atoms with van der Waals surface area (Å²) < 4.78 is 5.67. The molecule has 2 heterocycles. The molecule has 1 N–H and O–H groups in total. The van der Waals surface area contributed by atoms with Crippen molar-refractivity contribution in [3.05, 3.63) is 0 Å². The van der Waals surface area contributed by atoms with Crippen molar-refractivity contribution in [2.24, 2.45) is 5.92 Å². The van der Waals surface area contributed by atoms with Crippen molar-refractivity contribution >= 4 is 0 Å². The monoisotopic (exact) mass is 240 g/mol. The Morgan fingerprint density at radius 2 is 2.12 bits per heavy atom. The van der Waals surface area contributed by atoms with Gasteiger partial charge in [-0.15, -0.1) is 0 Å². The molecule has 0 aliphatic carbocycles. The fourth-order valence-corrected chi connectivity index (χ4v) is 3.27. The zero-order valence-electron chi connectivity index (χ0n) is 11.7. The van der Waals surface area contributed by atoms with Crippen LogP contribution in [0.25, 0.3) is 0 Å². The van der Waals surface area contributed by atoms with Gasteiger partial charge < -0.3 is 10.1 Å². The molecule has 2 saturated heterocycles. The molecule has 2 unspecified atom stereocenters. The quantitative estimate of drug-likeness (QED) is 0.812. The standard InChI is InChI=1S/C14H28N2O/c1-4-14(5-2)11-16(8-7-15-14)10-13-6-9-17-12(13)3/h12-13,15H,4-11H2,1-3H3. The third-order valence-corrected chi connectivity index (χ3v) is 4.83. The van der Waals surface area contributed by atoms with E-state index < -0.39 is 0 Å². The summed E-state index contributed by atoms with van der Waals surface area (Å²) in [5, 5.41) is 3.73. The first-order valence-electron chi connectivity index (χ1n) is 7.28. The van der Waals surface area contributed by atoms with E-state index in [2.05, 4.69) is 31.0 Å². The summed E-state index contributed by atoms with van der Waals surface area (Å²) in [6.07, 6.45) is 4.17. The third-order valence-electron chi connectivity index (χ3n) is 4.83. The van der Waals surface area contributed by atoms with E-state index in [1.54, 1.807) is 0 Å². The Balaban J connectivity index is 1.88. The number of ether oxygens (including phenoxy) is 1. The Labute approximate surface area is 106 Å². The van der Waals surface area contributed by atoms with Gasteiger partial charge in [0.25, 0.3) is 0 Å². The van der Waals surface area contributed by atoms with E-state index in [9.17, 15) is 0 Å². The zero-order valence-corrected chi connectivity index (χ0v) is 11.7. The van der Waals surface area contributed by atoms with Gasteiger partial charge in [0, 0.05) is 38.3 Å². The lowest BCUT2D eigenvalue weighted by atomic mass is 9.89. The molecule has 0 aromatic heterocycles. The Kier molecular flexibility index (Phi) is 4.45. The Morgan fingerprint density at radius 1 is 1.35 bits per heavy atom. The highest BCUT2D eigenvalue weighted by Gasteiger charge is 2.34. The highest BCUT2D eigenvalue weighted by Crippen LogP contribution is 2.25. The van der Waals surface area contributed by atoms with Gasteiger partial charge in [0.1, 0.15) is 0 Å². The highest BCUT2D eigenvalue weighted by molar-refractivity contribution is 4.93. The predicted molar refractivity (Wildman–Crippen MR) is 71.3 cm³/mol. The van der Waals surface area contributed by atoms with E-state index in [1.165, 1.54) is 38.9 Å². The maximum atomic E-state index is 5.67. The van der Waals surface area contributed by atoms with Gasteiger partial charge in [0.15, 0.2) is 0 Å². The first kappa shape index (κ1) is 13.3. The van der Waals surface area contributed by atoms with Gasteiger partial charge in [-0.3, -0.25) is 4.90 Å². The summed E-state index contributed by atoms with van der Waals surface area (Å²) in [7, 11) is 0. The normalized spacial score (nSPS) is 34.1. The SMILES string of the molecule is CCC1(CC)CN(CC2CCOC2C)CCN1. The average Bonchev–Trinajstić information content (AvgIpc) is 2.75. The molecule has 0 radical (unpaired) electrons. The van der Waals surface area contributed by atoms with Crippen LogP contribution in [0.4, 0.5) is 0 Å². The van der Waals surface area contributed by atoms with E-state index in [1.807, 2.05) is 0 Å². The first-order valence-corrected chi connectivity index (χ1v) is 7.28. The maximum absolute atomic E-state index is 5.67. The lowest BCUT2D eigenvalue weighted by molar-refractivity contribution is 0.0707. The smallest absolute Gasteiger partial charge is 0.0588 e. The molecule has 0 aromatic carbocycles. The minimum absolute atomic E-state index is 0.362. The molecule has 0 bridgehead atoms. The van der Waals surface area contributed by atoms with Gasteiger partial charge in [-0.05, 0) is 32.1 Å². The fraction of sp³-hybridized carbons (Fsp3) is 1.00. The van der Waals surface area contributed by atoms with Crippen LogP contribution in [-0.2, 0) is 4.74 Å². The van der Waals surface area contributed by atoms with E-state index >= 15 is 0 Å². The first-order chi connectivity index (χ1) is 8.19. The van der Waals surface area contributed by atoms with Gasteiger partial charge in [-0.2, -0.15) is 0 Å². The van der Waals surface area contributed by atoms with Crippen LogP contribution in [0, 0.1) is 5.92 Å². The van der Waals surface area contributed by atoms with Crippen LogP contribution in [0.3, 0.4) is 0 Å². The Hall–Kier alpha value is -0.120. The van der Waals surface area contributed by atoms with Gasteiger partial charge in [-0.1, -0.05) is 13.8 Å². The van der Waals surface area contributed by atoms with E-state index in [4.69, 9.17) is 4.74 Å². The van der Waals surface area contributed by atoms with E-state index in [-0.39, 0.29) is 0 Å². The lowest BCUT2D eigenvalue weighted by Gasteiger charge is -2.44. The van der Waals surface area contributed by atoms with Crippen LogP contribution < -0.4 is 5.32 Å². The molecule has 3 heteroatoms. The van der Waals surface area contributed by atoms with Gasteiger partial charge in [-0.25, -0.2) is 0 Å². The number of nitrogens with one attached hydrogen (secondary N) is 1. The number of hydrogen-bond donors (Lipinski definition) is 1. The summed E-state index contributed by atoms with van der Waals surface area (Å²) >= 11 is 0. The predicted octanol–water partition coefficient (Wildman–Crippen LogP) is 1.88. The summed E-state index contributed by atoms with van der Waals surface area (Å²) in [6.45, 7) is 12.6. The minimum atomic E-state index is 0.362. The van der Waals surface area contributed by atoms with Gasteiger partial charge in [0.05, 0.1) is 6.10 Å². The second kappa shape index (κ2) is 5.68. The molecular weight excluding hydrogens is 212 g/mol. The summed E-state index contributed by atoms with van der Waals surface area (Å²) in [5.74, 6) is 0.750. The highest BCUT2D eigenvalue weighted by atomic mass is 16.5. The van der Waals surface area contributed by atoms with Crippen LogP contribution >= 0.6 is 0 Å². The summed E-state index contributed by atoms with van der Waals surface area (Å²) in [6, 6.07) is 0. The van der Waals surface area contributed by atoms with Crippen molar-refractivity contribution in [1.29, 1.82) is 0 Å². The van der Waals surface area contributed by atoms with Crippen LogP contribution in [-0.4, -0.2) is 49.3 Å². The molecule has 2 aliphatic rings. The molecule has 2 aliphatic heterocycles. The topological polar surface area (TPSA) is 24.5 Å². The molecule has 0 aromatic rings.